The van der Waals surface area contributed by atoms with Crippen LogP contribution in [0.25, 0.3) is 0 Å². The van der Waals surface area contributed by atoms with Crippen LogP contribution in [0, 0.1) is 5.92 Å². The van der Waals surface area contributed by atoms with Gasteiger partial charge < -0.3 is 4.57 Å². The Labute approximate surface area is 183 Å². The third kappa shape index (κ3) is 6.23. The van der Waals surface area contributed by atoms with E-state index in [1.165, 1.54) is 10.6 Å². The highest BCUT2D eigenvalue weighted by atomic mass is 32.2. The average molecular weight is 444 g/mol. The number of carbonyl (C=O) groups is 2. The fraction of sp³-hybridized carbons (Fsp3) is 0.458. The number of Topliss-reactive ketones (excluding diaryl/α,β-unsaturated/α-hetero) is 2. The quantitative estimate of drug-likeness (QED) is 0.552. The van der Waals surface area contributed by atoms with Crippen molar-refractivity contribution in [3.63, 3.8) is 0 Å². The molecule has 1 aromatic carbocycles. The monoisotopic (exact) mass is 443 g/mol. The molecule has 0 atom stereocenters. The second kappa shape index (κ2) is 10.2. The Morgan fingerprint density at radius 2 is 1.74 bits per heavy atom. The minimum atomic E-state index is -2.88. The minimum absolute atomic E-state index is 0.0572. The summed E-state index contributed by atoms with van der Waals surface area (Å²) in [6.07, 6.45) is 4.86. The maximum Gasteiger partial charge on any atom is 0.261 e. The summed E-state index contributed by atoms with van der Waals surface area (Å²) in [5.74, 6) is 0.428. The van der Waals surface area contributed by atoms with Crippen molar-refractivity contribution in [3.8, 4) is 0 Å². The smallest absolute Gasteiger partial charge is 0.261 e. The van der Waals surface area contributed by atoms with Crippen LogP contribution in [0.1, 0.15) is 71.7 Å². The van der Waals surface area contributed by atoms with E-state index < -0.39 is 9.84 Å². The van der Waals surface area contributed by atoms with Gasteiger partial charge in [0.05, 0.1) is 23.6 Å². The average Bonchev–Trinajstić information content (AvgIpc) is 2.76. The lowest BCUT2D eigenvalue weighted by molar-refractivity contribution is 0.0976. The number of rotatable bonds is 9. The second-order valence-corrected chi connectivity index (χ2v) is 10.6. The van der Waals surface area contributed by atoms with E-state index in [1.807, 2.05) is 30.3 Å². The standard InChI is InChI=1S/C24H29NO5S/c1-2-22(26)21-15-20(17-25(24(21)28)16-19-7-4-3-5-8-19)23(27)10-6-9-18-11-13-31(29,30)14-12-18/h3-5,7-8,15,17-18H,2,6,9-14,16H2,1H3. The molecule has 0 unspecified atom stereocenters. The molecule has 0 aliphatic carbocycles. The van der Waals surface area contributed by atoms with Gasteiger partial charge in [-0.1, -0.05) is 37.3 Å². The van der Waals surface area contributed by atoms with Crippen molar-refractivity contribution in [2.45, 2.75) is 52.0 Å². The van der Waals surface area contributed by atoms with Gasteiger partial charge >= 0.3 is 0 Å². The molecule has 2 aromatic rings. The van der Waals surface area contributed by atoms with Crippen LogP contribution in [0.5, 0.6) is 0 Å². The number of carbonyl (C=O) groups excluding carboxylic acids is 2. The molecular formula is C24H29NO5S. The van der Waals surface area contributed by atoms with Gasteiger partial charge in [-0.25, -0.2) is 8.42 Å². The van der Waals surface area contributed by atoms with Crippen molar-refractivity contribution < 1.29 is 18.0 Å². The summed E-state index contributed by atoms with van der Waals surface area (Å²) >= 11 is 0. The van der Waals surface area contributed by atoms with E-state index in [-0.39, 0.29) is 40.6 Å². The lowest BCUT2D eigenvalue weighted by atomic mass is 9.94. The molecule has 6 nitrogen and oxygen atoms in total. The minimum Gasteiger partial charge on any atom is -0.310 e. The van der Waals surface area contributed by atoms with Crippen molar-refractivity contribution >= 4 is 21.4 Å². The van der Waals surface area contributed by atoms with Crippen LogP contribution in [0.2, 0.25) is 0 Å². The zero-order valence-corrected chi connectivity index (χ0v) is 18.7. The summed E-state index contributed by atoms with van der Waals surface area (Å²) < 4.78 is 24.6. The summed E-state index contributed by atoms with van der Waals surface area (Å²) in [4.78, 5) is 38.0. The highest BCUT2D eigenvalue weighted by Crippen LogP contribution is 2.24. The second-order valence-electron chi connectivity index (χ2n) is 8.25. The number of hydrogen-bond acceptors (Lipinski definition) is 5. The van der Waals surface area contributed by atoms with E-state index in [9.17, 15) is 22.8 Å². The number of nitrogens with zero attached hydrogens (tertiary/aromatic N) is 1. The number of sulfone groups is 1. The van der Waals surface area contributed by atoms with E-state index in [2.05, 4.69) is 0 Å². The van der Waals surface area contributed by atoms with Gasteiger partial charge in [-0.3, -0.25) is 14.4 Å². The van der Waals surface area contributed by atoms with Crippen LogP contribution in [-0.4, -0.2) is 36.1 Å². The molecule has 2 heterocycles. The zero-order chi connectivity index (χ0) is 22.4. The van der Waals surface area contributed by atoms with Gasteiger partial charge in [0, 0.05) is 24.6 Å². The van der Waals surface area contributed by atoms with E-state index in [0.717, 1.165) is 12.0 Å². The first-order chi connectivity index (χ1) is 14.8. The Balaban J connectivity index is 1.73. The Bertz CT molecular complexity index is 1090. The first kappa shape index (κ1) is 23.1. The number of pyridine rings is 1. The predicted octanol–water partition coefficient (Wildman–Crippen LogP) is 3.67. The lowest BCUT2D eigenvalue weighted by Gasteiger charge is -2.21. The predicted molar refractivity (Wildman–Crippen MR) is 120 cm³/mol. The third-order valence-electron chi connectivity index (χ3n) is 5.92. The topological polar surface area (TPSA) is 90.3 Å². The summed E-state index contributed by atoms with van der Waals surface area (Å²) in [6, 6.07) is 10.9. The van der Waals surface area contributed by atoms with Crippen molar-refractivity contribution in [2.75, 3.05) is 11.5 Å². The first-order valence-corrected chi connectivity index (χ1v) is 12.7. The van der Waals surface area contributed by atoms with Crippen molar-refractivity contribution in [1.29, 1.82) is 0 Å². The normalized spacial score (nSPS) is 16.2. The summed E-state index contributed by atoms with van der Waals surface area (Å²) in [7, 11) is -2.88. The van der Waals surface area contributed by atoms with Gasteiger partial charge in [-0.05, 0) is 43.2 Å². The van der Waals surface area contributed by atoms with Crippen LogP contribution in [-0.2, 0) is 16.4 Å². The van der Waals surface area contributed by atoms with Crippen LogP contribution in [0.3, 0.4) is 0 Å². The number of hydrogen-bond donors (Lipinski definition) is 0. The molecule has 31 heavy (non-hydrogen) atoms. The van der Waals surface area contributed by atoms with Crippen molar-refractivity contribution in [2.24, 2.45) is 5.92 Å². The molecule has 0 spiro atoms. The molecule has 0 bridgehead atoms. The molecule has 0 amide bonds. The van der Waals surface area contributed by atoms with Gasteiger partial charge in [-0.2, -0.15) is 0 Å². The van der Waals surface area contributed by atoms with Gasteiger partial charge in [0.15, 0.2) is 11.6 Å². The molecule has 1 aliphatic heterocycles. The Hall–Kier alpha value is -2.54. The Morgan fingerprint density at radius 3 is 2.39 bits per heavy atom. The molecule has 7 heteroatoms. The molecule has 1 fully saturated rings. The van der Waals surface area contributed by atoms with Gasteiger partial charge in [0.1, 0.15) is 9.84 Å². The largest absolute Gasteiger partial charge is 0.310 e. The number of benzene rings is 1. The molecule has 1 aromatic heterocycles. The molecular weight excluding hydrogens is 414 g/mol. The van der Waals surface area contributed by atoms with E-state index in [4.69, 9.17) is 0 Å². The Kier molecular flexibility index (Phi) is 7.59. The number of ketones is 2. The molecule has 0 saturated carbocycles. The maximum absolute atomic E-state index is 12.8. The zero-order valence-electron chi connectivity index (χ0n) is 17.9. The summed E-state index contributed by atoms with van der Waals surface area (Å²) in [5.41, 5.74) is 0.965. The molecule has 0 N–H and O–H groups in total. The van der Waals surface area contributed by atoms with E-state index in [1.54, 1.807) is 13.1 Å². The maximum atomic E-state index is 12.8. The van der Waals surface area contributed by atoms with Crippen LogP contribution >= 0.6 is 0 Å². The van der Waals surface area contributed by atoms with Crippen LogP contribution < -0.4 is 5.56 Å². The van der Waals surface area contributed by atoms with Gasteiger partial charge in [-0.15, -0.1) is 0 Å². The molecule has 166 valence electrons. The first-order valence-electron chi connectivity index (χ1n) is 10.8. The van der Waals surface area contributed by atoms with Crippen molar-refractivity contribution in [1.82, 2.24) is 4.57 Å². The third-order valence-corrected chi connectivity index (χ3v) is 7.63. The van der Waals surface area contributed by atoms with Gasteiger partial charge in [0.2, 0.25) is 0 Å². The Morgan fingerprint density at radius 1 is 1.06 bits per heavy atom. The van der Waals surface area contributed by atoms with E-state index >= 15 is 0 Å². The fourth-order valence-electron chi connectivity index (χ4n) is 4.00. The molecule has 3 rings (SSSR count). The molecule has 1 aliphatic rings. The van der Waals surface area contributed by atoms with Crippen molar-refractivity contribution in [3.05, 3.63) is 69.6 Å². The van der Waals surface area contributed by atoms with Crippen LogP contribution in [0.4, 0.5) is 0 Å². The lowest BCUT2D eigenvalue weighted by Crippen LogP contribution is -2.28. The van der Waals surface area contributed by atoms with Crippen LogP contribution in [0.15, 0.2) is 47.4 Å². The number of aromatic nitrogens is 1. The summed E-state index contributed by atoms with van der Waals surface area (Å²) in [6.45, 7) is 1.99. The SMILES string of the molecule is CCC(=O)c1cc(C(=O)CCCC2CCS(=O)(=O)CC2)cn(Cc2ccccc2)c1=O. The fourth-order valence-corrected chi connectivity index (χ4v) is 5.59. The summed E-state index contributed by atoms with van der Waals surface area (Å²) in [5, 5.41) is 0. The van der Waals surface area contributed by atoms with Gasteiger partial charge in [0.25, 0.3) is 5.56 Å². The molecule has 1 saturated heterocycles. The highest BCUT2D eigenvalue weighted by molar-refractivity contribution is 7.91. The van der Waals surface area contributed by atoms with E-state index in [0.29, 0.717) is 43.7 Å². The highest BCUT2D eigenvalue weighted by Gasteiger charge is 2.23. The molecule has 0 radical (unpaired) electrons.